The molecule has 4 heteroatoms. The topological polar surface area (TPSA) is 36.4 Å². The Morgan fingerprint density at radius 1 is 1.17 bits per heavy atom. The van der Waals surface area contributed by atoms with E-state index in [1.54, 1.807) is 37.1 Å². The first-order chi connectivity index (χ1) is 8.52. The third-order valence-electron chi connectivity index (χ3n) is 2.93. The average molecular weight is 243 g/mol. The standard InChI is InChI=1S/C14H17N3O/c1-10-9-15-12-8-6-5-7-11(12)13(10)17(4)14(18)16(2)3/h5-9H,1-4H3. The monoisotopic (exact) mass is 243 g/mol. The lowest BCUT2D eigenvalue weighted by Gasteiger charge is -2.24. The summed E-state index contributed by atoms with van der Waals surface area (Å²) >= 11 is 0. The molecule has 18 heavy (non-hydrogen) atoms. The van der Waals surface area contributed by atoms with Gasteiger partial charge in [-0.05, 0) is 18.6 Å². The van der Waals surface area contributed by atoms with Gasteiger partial charge in [0.25, 0.3) is 0 Å². The van der Waals surface area contributed by atoms with Crippen molar-refractivity contribution in [3.63, 3.8) is 0 Å². The van der Waals surface area contributed by atoms with Gasteiger partial charge in [0.1, 0.15) is 0 Å². The number of benzene rings is 1. The summed E-state index contributed by atoms with van der Waals surface area (Å²) in [4.78, 5) is 19.7. The lowest BCUT2D eigenvalue weighted by atomic mass is 10.1. The van der Waals surface area contributed by atoms with Crippen LogP contribution in [0, 0.1) is 6.92 Å². The summed E-state index contributed by atoms with van der Waals surface area (Å²) in [6.45, 7) is 1.97. The van der Waals surface area contributed by atoms with Gasteiger partial charge in [-0.15, -0.1) is 0 Å². The van der Waals surface area contributed by atoms with Crippen LogP contribution in [0.15, 0.2) is 30.5 Å². The molecule has 4 nitrogen and oxygen atoms in total. The number of hydrogen-bond donors (Lipinski definition) is 0. The number of anilines is 1. The van der Waals surface area contributed by atoms with Crippen molar-refractivity contribution in [2.24, 2.45) is 0 Å². The first kappa shape index (κ1) is 12.4. The first-order valence-electron chi connectivity index (χ1n) is 5.81. The van der Waals surface area contributed by atoms with E-state index in [0.29, 0.717) is 0 Å². The second kappa shape index (κ2) is 4.64. The fraction of sp³-hybridized carbons (Fsp3) is 0.286. The van der Waals surface area contributed by atoms with Gasteiger partial charge in [0.15, 0.2) is 0 Å². The largest absolute Gasteiger partial charge is 0.330 e. The van der Waals surface area contributed by atoms with Crippen molar-refractivity contribution in [3.8, 4) is 0 Å². The minimum absolute atomic E-state index is 0.0468. The number of carbonyl (C=O) groups excluding carboxylic acids is 1. The van der Waals surface area contributed by atoms with Crippen molar-refractivity contribution in [1.29, 1.82) is 0 Å². The number of aryl methyl sites for hydroxylation is 1. The molecular weight excluding hydrogens is 226 g/mol. The Labute approximate surface area is 107 Å². The molecule has 1 aromatic carbocycles. The highest BCUT2D eigenvalue weighted by molar-refractivity contribution is 6.02. The van der Waals surface area contributed by atoms with E-state index < -0.39 is 0 Å². The van der Waals surface area contributed by atoms with E-state index in [9.17, 15) is 4.79 Å². The summed E-state index contributed by atoms with van der Waals surface area (Å²) in [7, 11) is 5.28. The molecule has 0 saturated carbocycles. The van der Waals surface area contributed by atoms with Gasteiger partial charge in [0, 0.05) is 32.7 Å². The summed E-state index contributed by atoms with van der Waals surface area (Å²) in [6.07, 6.45) is 1.80. The van der Waals surface area contributed by atoms with Crippen LogP contribution >= 0.6 is 0 Å². The zero-order valence-corrected chi connectivity index (χ0v) is 11.1. The van der Waals surface area contributed by atoms with Crippen LogP contribution in [0.2, 0.25) is 0 Å². The maximum Gasteiger partial charge on any atom is 0.323 e. The number of hydrogen-bond acceptors (Lipinski definition) is 2. The molecule has 0 bridgehead atoms. The van der Waals surface area contributed by atoms with E-state index in [4.69, 9.17) is 0 Å². The van der Waals surface area contributed by atoms with E-state index in [1.165, 1.54) is 0 Å². The van der Waals surface area contributed by atoms with Crippen LogP contribution in [0.1, 0.15) is 5.56 Å². The molecule has 2 rings (SSSR count). The van der Waals surface area contributed by atoms with E-state index in [0.717, 1.165) is 22.2 Å². The molecule has 0 spiro atoms. The molecule has 0 radical (unpaired) electrons. The molecule has 0 N–H and O–H groups in total. The second-order valence-corrected chi connectivity index (χ2v) is 4.54. The Morgan fingerprint density at radius 3 is 2.50 bits per heavy atom. The van der Waals surface area contributed by atoms with Crippen LogP contribution in [0.25, 0.3) is 10.9 Å². The fourth-order valence-electron chi connectivity index (χ4n) is 2.07. The number of urea groups is 1. The van der Waals surface area contributed by atoms with Crippen molar-refractivity contribution < 1.29 is 4.79 Å². The molecule has 0 aliphatic carbocycles. The highest BCUT2D eigenvalue weighted by Crippen LogP contribution is 2.28. The molecule has 1 heterocycles. The zero-order chi connectivity index (χ0) is 13.3. The van der Waals surface area contributed by atoms with Gasteiger partial charge in [0.05, 0.1) is 11.2 Å². The van der Waals surface area contributed by atoms with Gasteiger partial charge < -0.3 is 4.90 Å². The number of rotatable bonds is 1. The molecular formula is C14H17N3O. The van der Waals surface area contributed by atoms with Crippen LogP contribution in [0.3, 0.4) is 0 Å². The predicted octanol–water partition coefficient (Wildman–Crippen LogP) is 2.66. The Morgan fingerprint density at radius 2 is 1.83 bits per heavy atom. The van der Waals surface area contributed by atoms with E-state index in [1.807, 2.05) is 31.2 Å². The molecule has 94 valence electrons. The Bertz CT molecular complexity index is 593. The molecule has 2 amide bonds. The number of aromatic nitrogens is 1. The number of para-hydroxylation sites is 1. The minimum atomic E-state index is -0.0468. The predicted molar refractivity (Wildman–Crippen MR) is 74.0 cm³/mol. The number of nitrogens with zero attached hydrogens (tertiary/aromatic N) is 3. The van der Waals surface area contributed by atoms with Crippen LogP contribution < -0.4 is 4.90 Å². The third kappa shape index (κ3) is 2.01. The van der Waals surface area contributed by atoms with E-state index >= 15 is 0 Å². The smallest absolute Gasteiger partial charge is 0.323 e. The molecule has 0 unspecified atom stereocenters. The van der Waals surface area contributed by atoms with Crippen LogP contribution in [0.4, 0.5) is 10.5 Å². The summed E-state index contributed by atoms with van der Waals surface area (Å²) in [5.74, 6) is 0. The number of pyridine rings is 1. The van der Waals surface area contributed by atoms with Crippen molar-refractivity contribution in [3.05, 3.63) is 36.0 Å². The quantitative estimate of drug-likeness (QED) is 0.772. The van der Waals surface area contributed by atoms with Gasteiger partial charge in [-0.2, -0.15) is 0 Å². The van der Waals surface area contributed by atoms with Crippen molar-refractivity contribution >= 4 is 22.6 Å². The van der Waals surface area contributed by atoms with E-state index in [-0.39, 0.29) is 6.03 Å². The lowest BCUT2D eigenvalue weighted by molar-refractivity contribution is 0.225. The Kier molecular flexibility index (Phi) is 3.19. The average Bonchev–Trinajstić information content (AvgIpc) is 2.37. The van der Waals surface area contributed by atoms with E-state index in [2.05, 4.69) is 4.98 Å². The highest BCUT2D eigenvalue weighted by Gasteiger charge is 2.17. The first-order valence-corrected chi connectivity index (χ1v) is 5.81. The number of fused-ring (bicyclic) bond motifs is 1. The molecule has 0 saturated heterocycles. The van der Waals surface area contributed by atoms with Gasteiger partial charge in [-0.3, -0.25) is 9.88 Å². The number of amides is 2. The lowest BCUT2D eigenvalue weighted by Crippen LogP contribution is -2.36. The van der Waals surface area contributed by atoms with Gasteiger partial charge >= 0.3 is 6.03 Å². The zero-order valence-electron chi connectivity index (χ0n) is 11.1. The molecule has 1 aromatic heterocycles. The minimum Gasteiger partial charge on any atom is -0.330 e. The van der Waals surface area contributed by atoms with Gasteiger partial charge in [-0.25, -0.2) is 4.79 Å². The molecule has 0 aliphatic heterocycles. The Balaban J connectivity index is 2.62. The second-order valence-electron chi connectivity index (χ2n) is 4.54. The van der Waals surface area contributed by atoms with Gasteiger partial charge in [-0.1, -0.05) is 18.2 Å². The molecule has 0 atom stereocenters. The maximum atomic E-state index is 12.1. The van der Waals surface area contributed by atoms with Crippen LogP contribution in [0.5, 0.6) is 0 Å². The van der Waals surface area contributed by atoms with Crippen LogP contribution in [-0.2, 0) is 0 Å². The fourth-order valence-corrected chi connectivity index (χ4v) is 2.07. The summed E-state index contributed by atoms with van der Waals surface area (Å²) in [6, 6.07) is 7.80. The Hall–Kier alpha value is -2.10. The van der Waals surface area contributed by atoms with Crippen molar-refractivity contribution in [1.82, 2.24) is 9.88 Å². The third-order valence-corrected chi connectivity index (χ3v) is 2.93. The van der Waals surface area contributed by atoms with Crippen LogP contribution in [-0.4, -0.2) is 37.1 Å². The summed E-state index contributed by atoms with van der Waals surface area (Å²) in [5.41, 5.74) is 2.81. The van der Waals surface area contributed by atoms with Crippen molar-refractivity contribution in [2.45, 2.75) is 6.92 Å². The molecule has 0 aliphatic rings. The number of carbonyl (C=O) groups is 1. The van der Waals surface area contributed by atoms with Gasteiger partial charge in [0.2, 0.25) is 0 Å². The SMILES string of the molecule is Cc1cnc2ccccc2c1N(C)C(=O)N(C)C. The highest BCUT2D eigenvalue weighted by atomic mass is 16.2. The summed E-state index contributed by atoms with van der Waals surface area (Å²) < 4.78 is 0. The molecule has 0 fully saturated rings. The maximum absolute atomic E-state index is 12.1. The van der Waals surface area contributed by atoms with Crippen molar-refractivity contribution in [2.75, 3.05) is 26.0 Å². The molecule has 2 aromatic rings. The summed E-state index contributed by atoms with van der Waals surface area (Å²) in [5, 5.41) is 0.996. The normalized spacial score (nSPS) is 10.4.